The molecule has 1 aliphatic rings. The molecule has 2 N–H and O–H groups in total. The Kier molecular flexibility index (Phi) is 4.94. The molecule has 0 unspecified atom stereocenters. The molecule has 2 aromatic heterocycles. The van der Waals surface area contributed by atoms with Crippen molar-refractivity contribution in [2.45, 2.75) is 39.0 Å². The van der Waals surface area contributed by atoms with Crippen molar-refractivity contribution in [3.05, 3.63) is 40.0 Å². The SMILES string of the molecule is CCc1nc(N/N=C/c2ccc(O)c(OC)c2)c2c3c(sc2n1)CCCC3. The van der Waals surface area contributed by atoms with Crippen LogP contribution in [-0.4, -0.2) is 28.4 Å². The van der Waals surface area contributed by atoms with E-state index < -0.39 is 0 Å². The van der Waals surface area contributed by atoms with Gasteiger partial charge in [-0.1, -0.05) is 6.92 Å². The predicted octanol–water partition coefficient (Wildman–Crippen LogP) is 4.29. The van der Waals surface area contributed by atoms with Gasteiger partial charge >= 0.3 is 0 Å². The summed E-state index contributed by atoms with van der Waals surface area (Å²) in [6.07, 6.45) is 7.15. The first-order valence-electron chi connectivity index (χ1n) is 9.16. The molecule has 7 heteroatoms. The van der Waals surface area contributed by atoms with Gasteiger partial charge < -0.3 is 9.84 Å². The van der Waals surface area contributed by atoms with Crippen LogP contribution in [0, 0.1) is 0 Å². The standard InChI is InChI=1S/C20H22N4O2S/c1-3-17-22-19(18-13-6-4-5-7-16(13)27-20(18)23-17)24-21-11-12-8-9-14(25)15(10-12)26-2/h8-11,25H,3-7H2,1-2H3,(H,22,23,24)/b21-11+. The number of hydrogen-bond acceptors (Lipinski definition) is 7. The summed E-state index contributed by atoms with van der Waals surface area (Å²) in [5.41, 5.74) is 5.33. The van der Waals surface area contributed by atoms with Crippen molar-refractivity contribution in [3.63, 3.8) is 0 Å². The second-order valence-electron chi connectivity index (χ2n) is 6.53. The number of aromatic hydroxyl groups is 1. The Hall–Kier alpha value is -2.67. The van der Waals surface area contributed by atoms with Gasteiger partial charge in [-0.15, -0.1) is 11.3 Å². The highest BCUT2D eigenvalue weighted by molar-refractivity contribution is 7.19. The van der Waals surface area contributed by atoms with Crippen molar-refractivity contribution in [3.8, 4) is 11.5 Å². The first kappa shape index (κ1) is 17.7. The Morgan fingerprint density at radius 1 is 1.30 bits per heavy atom. The van der Waals surface area contributed by atoms with E-state index in [4.69, 9.17) is 9.72 Å². The number of nitrogens with one attached hydrogen (secondary N) is 1. The predicted molar refractivity (Wildman–Crippen MR) is 109 cm³/mol. The fraction of sp³-hybridized carbons (Fsp3) is 0.350. The zero-order chi connectivity index (χ0) is 18.8. The smallest absolute Gasteiger partial charge is 0.161 e. The van der Waals surface area contributed by atoms with Gasteiger partial charge in [0.15, 0.2) is 17.3 Å². The van der Waals surface area contributed by atoms with Crippen LogP contribution in [0.15, 0.2) is 23.3 Å². The minimum absolute atomic E-state index is 0.109. The average molecular weight is 382 g/mol. The third-order valence-electron chi connectivity index (χ3n) is 4.77. The average Bonchev–Trinajstić information content (AvgIpc) is 3.07. The van der Waals surface area contributed by atoms with Crippen LogP contribution in [0.3, 0.4) is 0 Å². The minimum Gasteiger partial charge on any atom is -0.504 e. The van der Waals surface area contributed by atoms with E-state index in [1.54, 1.807) is 35.8 Å². The van der Waals surface area contributed by atoms with E-state index in [-0.39, 0.29) is 5.75 Å². The molecule has 4 rings (SSSR count). The van der Waals surface area contributed by atoms with Gasteiger partial charge in [0.2, 0.25) is 0 Å². The molecular formula is C20H22N4O2S. The zero-order valence-electron chi connectivity index (χ0n) is 15.5. The number of fused-ring (bicyclic) bond motifs is 3. The van der Waals surface area contributed by atoms with Crippen molar-refractivity contribution in [1.82, 2.24) is 9.97 Å². The quantitative estimate of drug-likeness (QED) is 0.508. The van der Waals surface area contributed by atoms with Gasteiger partial charge in [0.05, 0.1) is 18.7 Å². The highest BCUT2D eigenvalue weighted by Crippen LogP contribution is 2.38. The normalized spacial score (nSPS) is 13.9. The minimum atomic E-state index is 0.109. The highest BCUT2D eigenvalue weighted by Gasteiger charge is 2.20. The number of phenols is 1. The maximum absolute atomic E-state index is 9.70. The Labute approximate surface area is 161 Å². The number of ether oxygens (including phenoxy) is 1. The summed E-state index contributed by atoms with van der Waals surface area (Å²) >= 11 is 1.79. The van der Waals surface area contributed by atoms with Gasteiger partial charge in [-0.25, -0.2) is 9.97 Å². The van der Waals surface area contributed by atoms with Gasteiger partial charge in [-0.05, 0) is 55.0 Å². The zero-order valence-corrected chi connectivity index (χ0v) is 16.3. The molecule has 1 aromatic carbocycles. The molecule has 0 saturated carbocycles. The lowest BCUT2D eigenvalue weighted by molar-refractivity contribution is 0.373. The molecular weight excluding hydrogens is 360 g/mol. The van der Waals surface area contributed by atoms with Crippen molar-refractivity contribution in [2.24, 2.45) is 5.10 Å². The van der Waals surface area contributed by atoms with Crippen LogP contribution in [-0.2, 0) is 19.3 Å². The number of nitrogens with zero attached hydrogens (tertiary/aromatic N) is 3. The van der Waals surface area contributed by atoms with Crippen molar-refractivity contribution in [1.29, 1.82) is 0 Å². The number of thiophene rings is 1. The number of benzene rings is 1. The topological polar surface area (TPSA) is 79.6 Å². The van der Waals surface area contributed by atoms with Crippen LogP contribution in [0.25, 0.3) is 10.2 Å². The molecule has 0 aliphatic heterocycles. The monoisotopic (exact) mass is 382 g/mol. The maximum Gasteiger partial charge on any atom is 0.161 e. The van der Waals surface area contributed by atoms with Crippen molar-refractivity contribution < 1.29 is 9.84 Å². The van der Waals surface area contributed by atoms with Crippen molar-refractivity contribution in [2.75, 3.05) is 12.5 Å². The van der Waals surface area contributed by atoms with Crippen LogP contribution >= 0.6 is 11.3 Å². The van der Waals surface area contributed by atoms with Gasteiger partial charge in [0, 0.05) is 11.3 Å². The maximum atomic E-state index is 9.70. The molecule has 0 radical (unpaired) electrons. The largest absolute Gasteiger partial charge is 0.504 e. The summed E-state index contributed by atoms with van der Waals surface area (Å²) in [5, 5.41) is 15.2. The van der Waals surface area contributed by atoms with Crippen LogP contribution in [0.4, 0.5) is 5.82 Å². The number of aromatic nitrogens is 2. The fourth-order valence-electron chi connectivity index (χ4n) is 3.38. The summed E-state index contributed by atoms with van der Waals surface area (Å²) in [6.45, 7) is 2.06. The molecule has 0 saturated heterocycles. The molecule has 3 aromatic rings. The van der Waals surface area contributed by atoms with Crippen LogP contribution in [0.5, 0.6) is 11.5 Å². The molecule has 6 nitrogen and oxygen atoms in total. The van der Waals surface area contributed by atoms with E-state index in [1.165, 1.54) is 30.4 Å². The number of aryl methyl sites for hydroxylation is 3. The summed E-state index contributed by atoms with van der Waals surface area (Å²) in [4.78, 5) is 11.9. The third-order valence-corrected chi connectivity index (χ3v) is 5.95. The second-order valence-corrected chi connectivity index (χ2v) is 7.62. The first-order valence-corrected chi connectivity index (χ1v) is 9.98. The van der Waals surface area contributed by atoms with Gasteiger partial charge in [0.1, 0.15) is 10.7 Å². The van der Waals surface area contributed by atoms with Crippen molar-refractivity contribution >= 4 is 33.6 Å². The summed E-state index contributed by atoms with van der Waals surface area (Å²) in [7, 11) is 1.53. The lowest BCUT2D eigenvalue weighted by Gasteiger charge is -2.11. The van der Waals surface area contributed by atoms with Gasteiger partial charge in [-0.2, -0.15) is 5.10 Å². The Morgan fingerprint density at radius 2 is 2.15 bits per heavy atom. The number of methoxy groups -OCH3 is 1. The molecule has 1 aliphatic carbocycles. The molecule has 140 valence electrons. The number of hydrazone groups is 1. The lowest BCUT2D eigenvalue weighted by atomic mass is 9.97. The van der Waals surface area contributed by atoms with E-state index in [0.29, 0.717) is 5.75 Å². The summed E-state index contributed by atoms with van der Waals surface area (Å²) in [6, 6.07) is 5.11. The first-order chi connectivity index (χ1) is 13.2. The fourth-order valence-corrected chi connectivity index (χ4v) is 4.66. The molecule has 0 amide bonds. The summed E-state index contributed by atoms with van der Waals surface area (Å²) < 4.78 is 5.14. The molecule has 2 heterocycles. The van der Waals surface area contributed by atoms with Crippen LogP contribution in [0.2, 0.25) is 0 Å². The van der Waals surface area contributed by atoms with E-state index in [9.17, 15) is 5.11 Å². The van der Waals surface area contributed by atoms with E-state index in [2.05, 4.69) is 22.4 Å². The van der Waals surface area contributed by atoms with E-state index >= 15 is 0 Å². The van der Waals surface area contributed by atoms with Crippen LogP contribution < -0.4 is 10.2 Å². The molecule has 27 heavy (non-hydrogen) atoms. The molecule has 0 atom stereocenters. The number of anilines is 1. The van der Waals surface area contributed by atoms with Gasteiger partial charge in [0.25, 0.3) is 0 Å². The van der Waals surface area contributed by atoms with Gasteiger partial charge in [-0.3, -0.25) is 5.43 Å². The third kappa shape index (κ3) is 3.47. The lowest BCUT2D eigenvalue weighted by Crippen LogP contribution is -2.03. The Morgan fingerprint density at radius 3 is 2.96 bits per heavy atom. The van der Waals surface area contributed by atoms with E-state index in [1.807, 2.05) is 0 Å². The second kappa shape index (κ2) is 7.52. The molecule has 0 fully saturated rings. The van der Waals surface area contributed by atoms with E-state index in [0.717, 1.165) is 46.7 Å². The summed E-state index contributed by atoms with van der Waals surface area (Å²) in [5.74, 6) is 2.13. The molecule has 0 bridgehead atoms. The number of hydrogen-bond donors (Lipinski definition) is 2. The Balaban J connectivity index is 1.67. The number of phenolic OH excluding ortho intramolecular Hbond substituents is 1. The Bertz CT molecular complexity index is 1010. The van der Waals surface area contributed by atoms with Crippen LogP contribution in [0.1, 0.15) is 41.6 Å². The molecule has 0 spiro atoms. The number of rotatable bonds is 5. The highest BCUT2D eigenvalue weighted by atomic mass is 32.1.